The highest BCUT2D eigenvalue weighted by Gasteiger charge is 2.39. The van der Waals surface area contributed by atoms with Crippen LogP contribution in [0.1, 0.15) is 41.9 Å². The van der Waals surface area contributed by atoms with Gasteiger partial charge < -0.3 is 29.0 Å². The summed E-state index contributed by atoms with van der Waals surface area (Å²) >= 11 is 8.02. The average molecular weight is 589 g/mol. The van der Waals surface area contributed by atoms with Crippen LogP contribution in [0.25, 0.3) is 28.5 Å². The molecule has 1 fully saturated rings. The van der Waals surface area contributed by atoms with Crippen molar-refractivity contribution in [1.82, 2.24) is 15.0 Å². The van der Waals surface area contributed by atoms with Crippen molar-refractivity contribution < 1.29 is 18.6 Å². The lowest BCUT2D eigenvalue weighted by atomic mass is 9.74. The van der Waals surface area contributed by atoms with Gasteiger partial charge in [-0.3, -0.25) is 0 Å². The number of aromatic amines is 1. The van der Waals surface area contributed by atoms with E-state index in [0.717, 1.165) is 34.0 Å². The lowest BCUT2D eigenvalue weighted by molar-refractivity contribution is 0.0629. The van der Waals surface area contributed by atoms with Crippen molar-refractivity contribution in [2.45, 2.75) is 31.8 Å². The summed E-state index contributed by atoms with van der Waals surface area (Å²) < 4.78 is 23.7. The van der Waals surface area contributed by atoms with Gasteiger partial charge in [0.05, 0.1) is 23.6 Å². The number of rotatable bonds is 9. The van der Waals surface area contributed by atoms with Crippen LogP contribution in [0.15, 0.2) is 64.5 Å². The smallest absolute Gasteiger partial charge is 0.155 e. The SMILES string of the molecule is COc1cc(OCc2csc(C3(c4cccc(Cl)c4)CCOCC3)n2)c2cc(-c3c[nH]c(/C=C\C(C)=N)n3)oc2c1. The maximum Gasteiger partial charge on any atom is 0.155 e. The second kappa shape index (κ2) is 11.5. The number of fused-ring (bicyclic) bond motifs is 1. The van der Waals surface area contributed by atoms with E-state index in [1.807, 2.05) is 36.4 Å². The molecule has 2 aromatic carbocycles. The number of nitrogens with zero attached hydrogens (tertiary/aromatic N) is 2. The molecule has 0 atom stereocenters. The van der Waals surface area contributed by atoms with Crippen LogP contribution in [0.4, 0.5) is 0 Å². The third-order valence-electron chi connectivity index (χ3n) is 7.21. The summed E-state index contributed by atoms with van der Waals surface area (Å²) in [7, 11) is 1.61. The summed E-state index contributed by atoms with van der Waals surface area (Å²) in [6.07, 6.45) is 6.91. The maximum atomic E-state index is 7.57. The lowest BCUT2D eigenvalue weighted by Gasteiger charge is -2.36. The number of methoxy groups -OCH3 is 1. The van der Waals surface area contributed by atoms with Crippen molar-refractivity contribution in [3.63, 3.8) is 0 Å². The van der Waals surface area contributed by atoms with Crippen molar-refractivity contribution >= 4 is 45.7 Å². The Morgan fingerprint density at radius 2 is 2.05 bits per heavy atom. The Morgan fingerprint density at radius 1 is 1.20 bits per heavy atom. The molecule has 8 nitrogen and oxygen atoms in total. The Bertz CT molecular complexity index is 1730. The summed E-state index contributed by atoms with van der Waals surface area (Å²) in [5.41, 5.74) is 3.51. The Labute approximate surface area is 246 Å². The maximum absolute atomic E-state index is 7.57. The minimum Gasteiger partial charge on any atom is -0.496 e. The minimum atomic E-state index is -0.232. The number of hydrogen-bond acceptors (Lipinski definition) is 8. The predicted octanol–water partition coefficient (Wildman–Crippen LogP) is 7.67. The van der Waals surface area contributed by atoms with Gasteiger partial charge in [-0.1, -0.05) is 23.7 Å². The molecule has 0 bridgehead atoms. The fraction of sp³-hybridized carbons (Fsp3) is 0.258. The van der Waals surface area contributed by atoms with Crippen LogP contribution in [0, 0.1) is 5.41 Å². The molecule has 3 aromatic heterocycles. The molecule has 0 unspecified atom stereocenters. The number of halogens is 1. The van der Waals surface area contributed by atoms with Gasteiger partial charge in [-0.25, -0.2) is 9.97 Å². The number of allylic oxidation sites excluding steroid dienone is 1. The Balaban J connectivity index is 1.27. The predicted molar refractivity (Wildman–Crippen MR) is 162 cm³/mol. The molecule has 1 aliphatic rings. The Hall–Kier alpha value is -3.92. The first kappa shape index (κ1) is 27.3. The fourth-order valence-corrected chi connectivity index (χ4v) is 6.35. The van der Waals surface area contributed by atoms with Gasteiger partial charge in [-0.05, 0) is 55.7 Å². The van der Waals surface area contributed by atoms with Gasteiger partial charge in [-0.2, -0.15) is 0 Å². The second-order valence-corrected chi connectivity index (χ2v) is 11.3. The van der Waals surface area contributed by atoms with Gasteiger partial charge in [0.15, 0.2) is 5.76 Å². The first-order valence-corrected chi connectivity index (χ1v) is 14.5. The molecule has 10 heteroatoms. The molecule has 41 heavy (non-hydrogen) atoms. The molecule has 2 N–H and O–H groups in total. The van der Waals surface area contributed by atoms with E-state index in [1.54, 1.807) is 43.7 Å². The number of hydrogen-bond donors (Lipinski definition) is 2. The van der Waals surface area contributed by atoms with E-state index in [-0.39, 0.29) is 5.41 Å². The molecule has 1 saturated heterocycles. The van der Waals surface area contributed by atoms with Crippen LogP contribution < -0.4 is 9.47 Å². The summed E-state index contributed by atoms with van der Waals surface area (Å²) in [4.78, 5) is 12.7. The van der Waals surface area contributed by atoms with Crippen molar-refractivity contribution in [2.24, 2.45) is 0 Å². The average Bonchev–Trinajstić information content (AvgIpc) is 3.75. The number of imidazole rings is 1. The van der Waals surface area contributed by atoms with Gasteiger partial charge in [0, 0.05) is 47.7 Å². The third kappa shape index (κ3) is 5.66. The van der Waals surface area contributed by atoms with Gasteiger partial charge in [0.1, 0.15) is 40.2 Å². The summed E-state index contributed by atoms with van der Waals surface area (Å²) in [5, 5.41) is 12.2. The molecule has 5 aromatic rings. The van der Waals surface area contributed by atoms with Gasteiger partial charge in [0.2, 0.25) is 0 Å². The summed E-state index contributed by atoms with van der Waals surface area (Å²) in [6, 6.07) is 13.7. The van der Waals surface area contributed by atoms with Crippen LogP contribution in [0.3, 0.4) is 0 Å². The zero-order valence-corrected chi connectivity index (χ0v) is 24.3. The molecule has 0 radical (unpaired) electrons. The highest BCUT2D eigenvalue weighted by atomic mass is 35.5. The quantitative estimate of drug-likeness (QED) is 0.171. The fourth-order valence-electron chi connectivity index (χ4n) is 5.08. The largest absolute Gasteiger partial charge is 0.496 e. The van der Waals surface area contributed by atoms with Gasteiger partial charge >= 0.3 is 0 Å². The number of ether oxygens (including phenoxy) is 3. The van der Waals surface area contributed by atoms with E-state index >= 15 is 0 Å². The van der Waals surface area contributed by atoms with Crippen LogP contribution in [-0.2, 0) is 16.8 Å². The standard InChI is InChI=1S/C31H29ClN4O4S/c1-19(33)6-7-29-34-16-25(36-29)28-15-24-26(13-23(37-2)14-27(24)40-28)39-17-22-18-41-30(35-22)31(8-10-38-11-9-31)20-4-3-5-21(32)12-20/h3-7,12-16,18,33H,8-11,17H2,1-2H3,(H,34,36)/b7-6-,33-19?. The van der Waals surface area contributed by atoms with Crippen molar-refractivity contribution in [2.75, 3.05) is 20.3 Å². The second-order valence-electron chi connectivity index (χ2n) is 9.97. The normalized spacial score (nSPS) is 15.0. The summed E-state index contributed by atoms with van der Waals surface area (Å²) in [5.74, 6) is 2.50. The first-order chi connectivity index (χ1) is 19.9. The van der Waals surface area contributed by atoms with Gasteiger partial charge in [-0.15, -0.1) is 11.3 Å². The Kier molecular flexibility index (Phi) is 7.66. The highest BCUT2D eigenvalue weighted by Crippen LogP contribution is 2.43. The minimum absolute atomic E-state index is 0.232. The molecule has 0 spiro atoms. The number of H-pyrrole nitrogens is 1. The van der Waals surface area contributed by atoms with E-state index in [1.165, 1.54) is 5.56 Å². The highest BCUT2D eigenvalue weighted by molar-refractivity contribution is 7.09. The Morgan fingerprint density at radius 3 is 2.83 bits per heavy atom. The number of furan rings is 1. The topological polar surface area (TPSA) is 106 Å². The molecule has 6 rings (SSSR count). The molecular weight excluding hydrogens is 560 g/mol. The molecule has 1 aliphatic heterocycles. The first-order valence-electron chi connectivity index (χ1n) is 13.3. The van der Waals surface area contributed by atoms with Crippen LogP contribution in [0.5, 0.6) is 11.5 Å². The number of thiazole rings is 1. The molecule has 210 valence electrons. The molecule has 0 aliphatic carbocycles. The van der Waals surface area contributed by atoms with E-state index in [4.69, 9.17) is 40.6 Å². The number of aromatic nitrogens is 3. The molecule has 0 saturated carbocycles. The molecule has 4 heterocycles. The van der Waals surface area contributed by atoms with Crippen LogP contribution >= 0.6 is 22.9 Å². The number of nitrogens with one attached hydrogen (secondary N) is 2. The van der Waals surface area contributed by atoms with Crippen LogP contribution in [0.2, 0.25) is 5.02 Å². The van der Waals surface area contributed by atoms with E-state index in [2.05, 4.69) is 21.4 Å². The monoisotopic (exact) mass is 588 g/mol. The van der Waals surface area contributed by atoms with Gasteiger partial charge in [0.25, 0.3) is 0 Å². The third-order valence-corrected chi connectivity index (χ3v) is 8.54. The molecule has 0 amide bonds. The van der Waals surface area contributed by atoms with E-state index < -0.39 is 0 Å². The lowest BCUT2D eigenvalue weighted by Crippen LogP contribution is -2.35. The van der Waals surface area contributed by atoms with Crippen LogP contribution in [-0.4, -0.2) is 41.0 Å². The summed E-state index contributed by atoms with van der Waals surface area (Å²) in [6.45, 7) is 3.36. The van der Waals surface area contributed by atoms with E-state index in [9.17, 15) is 0 Å². The van der Waals surface area contributed by atoms with Crippen molar-refractivity contribution in [1.29, 1.82) is 5.41 Å². The van der Waals surface area contributed by atoms with E-state index in [0.29, 0.717) is 59.9 Å². The zero-order valence-electron chi connectivity index (χ0n) is 22.7. The zero-order chi connectivity index (χ0) is 28.4. The molecular formula is C31H29ClN4O4S. The van der Waals surface area contributed by atoms with Crippen molar-refractivity contribution in [3.05, 3.63) is 87.2 Å². The number of benzene rings is 2. The van der Waals surface area contributed by atoms with Crippen molar-refractivity contribution in [3.8, 4) is 23.0 Å².